The average Bonchev–Trinajstić information content (AvgIpc) is 3.08. The van der Waals surface area contributed by atoms with E-state index in [0.29, 0.717) is 40.3 Å². The third-order valence-corrected chi connectivity index (χ3v) is 12.7. The van der Waals surface area contributed by atoms with Crippen LogP contribution in [0.15, 0.2) is 11.1 Å². The zero-order valence-electron chi connectivity index (χ0n) is 23.8. The highest BCUT2D eigenvalue weighted by molar-refractivity contribution is 6.00. The summed E-state index contributed by atoms with van der Waals surface area (Å²) in [5, 5.41) is 0. The fourth-order valence-electron chi connectivity index (χ4n) is 11.3. The monoisotopic (exact) mass is 482 g/mol. The molecule has 3 heteroatoms. The van der Waals surface area contributed by atoms with E-state index in [0.717, 1.165) is 25.2 Å². The Morgan fingerprint density at radius 1 is 0.943 bits per heavy atom. The van der Waals surface area contributed by atoms with Crippen molar-refractivity contribution in [1.82, 2.24) is 0 Å². The van der Waals surface area contributed by atoms with Crippen LogP contribution in [0.3, 0.4) is 0 Å². The van der Waals surface area contributed by atoms with Crippen molar-refractivity contribution in [3.63, 3.8) is 0 Å². The Morgan fingerprint density at radius 2 is 1.63 bits per heavy atom. The average molecular weight is 483 g/mol. The number of rotatable bonds is 3. The van der Waals surface area contributed by atoms with Crippen LogP contribution in [0.25, 0.3) is 0 Å². The quantitative estimate of drug-likeness (QED) is 0.384. The first-order chi connectivity index (χ1) is 16.3. The van der Waals surface area contributed by atoms with Gasteiger partial charge in [-0.05, 0) is 109 Å². The maximum absolute atomic E-state index is 13.3. The molecule has 4 fully saturated rings. The highest BCUT2D eigenvalue weighted by atomic mass is 16.5. The molecular weight excluding hydrogens is 432 g/mol. The van der Waals surface area contributed by atoms with Gasteiger partial charge in [-0.1, -0.05) is 54.0 Å². The molecule has 5 aliphatic carbocycles. The smallest absolute Gasteiger partial charge is 0.302 e. The molecule has 0 aliphatic heterocycles. The van der Waals surface area contributed by atoms with Gasteiger partial charge in [-0.2, -0.15) is 0 Å². The molecule has 5 rings (SSSR count). The minimum absolute atomic E-state index is 0.0198. The van der Waals surface area contributed by atoms with Crippen molar-refractivity contribution < 1.29 is 14.3 Å². The standard InChI is InChI=1S/C32H50O3/c1-9-32-17-12-22-21(28(32)27(19(2)3)23(34)18-32)10-11-25-30(22,7)15-13-24-29(5,6)26(35-20(4)33)14-16-31(24,25)8/h19,21-22,24-26H,9-18H2,1-8H3. The minimum Gasteiger partial charge on any atom is -0.462 e. The molecule has 0 aromatic rings. The van der Waals surface area contributed by atoms with Gasteiger partial charge < -0.3 is 4.74 Å². The SMILES string of the molecule is CCC12CCC3C(CCC4C3(C)CCC3C(C)(C)C(OC(C)=O)CCC34C)C1=C(C(C)C)C(=O)C2. The second-order valence-electron chi connectivity index (χ2n) is 14.7. The van der Waals surface area contributed by atoms with Gasteiger partial charge in [-0.3, -0.25) is 9.59 Å². The Bertz CT molecular complexity index is 942. The summed E-state index contributed by atoms with van der Waals surface area (Å²) in [5.41, 5.74) is 3.68. The van der Waals surface area contributed by atoms with Crippen LogP contribution in [-0.2, 0) is 14.3 Å². The van der Waals surface area contributed by atoms with Crippen LogP contribution in [0.5, 0.6) is 0 Å². The van der Waals surface area contributed by atoms with Gasteiger partial charge in [-0.25, -0.2) is 0 Å². The van der Waals surface area contributed by atoms with Crippen molar-refractivity contribution in [3.8, 4) is 0 Å². The number of ether oxygens (including phenoxy) is 1. The number of esters is 1. The van der Waals surface area contributed by atoms with Crippen LogP contribution in [0.1, 0.15) is 120 Å². The number of ketones is 1. The van der Waals surface area contributed by atoms with E-state index in [1.807, 2.05) is 0 Å². The Balaban J connectivity index is 1.51. The van der Waals surface area contributed by atoms with Crippen molar-refractivity contribution in [1.29, 1.82) is 0 Å². The summed E-state index contributed by atoms with van der Waals surface area (Å²) in [5.74, 6) is 3.32. The van der Waals surface area contributed by atoms with E-state index < -0.39 is 0 Å². The van der Waals surface area contributed by atoms with E-state index >= 15 is 0 Å². The van der Waals surface area contributed by atoms with Crippen LogP contribution in [0.2, 0.25) is 0 Å². The largest absolute Gasteiger partial charge is 0.462 e. The molecule has 0 amide bonds. The highest BCUT2D eigenvalue weighted by Gasteiger charge is 2.66. The molecule has 0 bridgehead atoms. The number of hydrogen-bond acceptors (Lipinski definition) is 3. The van der Waals surface area contributed by atoms with Gasteiger partial charge >= 0.3 is 5.97 Å². The molecule has 0 N–H and O–H groups in total. The summed E-state index contributed by atoms with van der Waals surface area (Å²) < 4.78 is 5.89. The van der Waals surface area contributed by atoms with E-state index in [-0.39, 0.29) is 22.9 Å². The fourth-order valence-corrected chi connectivity index (χ4v) is 11.3. The summed E-state index contributed by atoms with van der Waals surface area (Å²) in [4.78, 5) is 25.2. The summed E-state index contributed by atoms with van der Waals surface area (Å²) in [7, 11) is 0. The Hall–Kier alpha value is -1.12. The topological polar surface area (TPSA) is 43.4 Å². The molecule has 8 unspecified atom stereocenters. The van der Waals surface area contributed by atoms with Crippen molar-refractivity contribution in [2.24, 2.45) is 51.2 Å². The lowest BCUT2D eigenvalue weighted by molar-refractivity contribution is -0.212. The zero-order valence-corrected chi connectivity index (χ0v) is 23.8. The molecule has 0 radical (unpaired) electrons. The Kier molecular flexibility index (Phi) is 5.97. The maximum atomic E-state index is 13.3. The maximum Gasteiger partial charge on any atom is 0.302 e. The van der Waals surface area contributed by atoms with E-state index in [1.54, 1.807) is 12.5 Å². The molecule has 4 saturated carbocycles. The molecule has 35 heavy (non-hydrogen) atoms. The van der Waals surface area contributed by atoms with Crippen LogP contribution in [0, 0.1) is 51.2 Å². The van der Waals surface area contributed by atoms with Gasteiger partial charge in [0.2, 0.25) is 0 Å². The first kappa shape index (κ1) is 25.5. The van der Waals surface area contributed by atoms with Gasteiger partial charge in [0.15, 0.2) is 5.78 Å². The van der Waals surface area contributed by atoms with Crippen LogP contribution >= 0.6 is 0 Å². The first-order valence-corrected chi connectivity index (χ1v) is 14.8. The molecule has 3 nitrogen and oxygen atoms in total. The third kappa shape index (κ3) is 3.41. The van der Waals surface area contributed by atoms with Crippen LogP contribution in [0.4, 0.5) is 0 Å². The third-order valence-electron chi connectivity index (χ3n) is 12.7. The van der Waals surface area contributed by atoms with Crippen LogP contribution < -0.4 is 0 Å². The van der Waals surface area contributed by atoms with E-state index in [4.69, 9.17) is 4.74 Å². The van der Waals surface area contributed by atoms with Gasteiger partial charge in [0.05, 0.1) is 0 Å². The van der Waals surface area contributed by atoms with Gasteiger partial charge in [0.1, 0.15) is 6.10 Å². The summed E-state index contributed by atoms with van der Waals surface area (Å²) in [6, 6.07) is 0. The number of Topliss-reactive ketones (excluding diaryl/α,β-unsaturated/α-hetero) is 1. The fraction of sp³-hybridized carbons (Fsp3) is 0.875. The zero-order chi connectivity index (χ0) is 25.6. The molecule has 0 aromatic carbocycles. The second-order valence-corrected chi connectivity index (χ2v) is 14.7. The Morgan fingerprint density at radius 3 is 2.26 bits per heavy atom. The molecule has 196 valence electrons. The molecule has 0 saturated heterocycles. The lowest BCUT2D eigenvalue weighted by Gasteiger charge is -2.68. The predicted octanol–water partition coefficient (Wildman–Crippen LogP) is 7.92. The van der Waals surface area contributed by atoms with Crippen molar-refractivity contribution in [3.05, 3.63) is 11.1 Å². The summed E-state index contributed by atoms with van der Waals surface area (Å²) in [6.45, 7) is 18.4. The molecule has 0 spiro atoms. The first-order valence-electron chi connectivity index (χ1n) is 14.8. The molecule has 0 heterocycles. The van der Waals surface area contributed by atoms with Crippen molar-refractivity contribution >= 4 is 11.8 Å². The van der Waals surface area contributed by atoms with Gasteiger partial charge in [0.25, 0.3) is 0 Å². The van der Waals surface area contributed by atoms with Crippen molar-refractivity contribution in [2.45, 2.75) is 126 Å². The second kappa shape index (κ2) is 8.19. The molecular formula is C32H50O3. The van der Waals surface area contributed by atoms with Crippen molar-refractivity contribution in [2.75, 3.05) is 0 Å². The summed E-state index contributed by atoms with van der Waals surface area (Å²) >= 11 is 0. The number of carbonyl (C=O) groups is 2. The van der Waals surface area contributed by atoms with Gasteiger partial charge in [0, 0.05) is 18.8 Å². The number of hydrogen-bond donors (Lipinski definition) is 0. The number of allylic oxidation sites excluding steroid dienone is 2. The van der Waals surface area contributed by atoms with Crippen LogP contribution in [-0.4, -0.2) is 17.9 Å². The van der Waals surface area contributed by atoms with Gasteiger partial charge in [-0.15, -0.1) is 0 Å². The Labute approximate surface area is 214 Å². The lowest BCUT2D eigenvalue weighted by atomic mass is 9.36. The van der Waals surface area contributed by atoms with E-state index in [2.05, 4.69) is 48.5 Å². The minimum atomic E-state index is -0.130. The predicted molar refractivity (Wildman–Crippen MR) is 141 cm³/mol. The lowest BCUT2D eigenvalue weighted by Crippen LogP contribution is -2.62. The molecule has 5 aliphatic rings. The highest BCUT2D eigenvalue weighted by Crippen LogP contribution is 2.73. The number of fused-ring (bicyclic) bond motifs is 7. The summed E-state index contributed by atoms with van der Waals surface area (Å²) in [6.07, 6.45) is 11.7. The normalized spacial score (nSPS) is 46.5. The van der Waals surface area contributed by atoms with E-state index in [1.165, 1.54) is 50.5 Å². The van der Waals surface area contributed by atoms with E-state index in [9.17, 15) is 9.59 Å². The molecule has 8 atom stereocenters. The number of carbonyl (C=O) groups excluding carboxylic acids is 2. The molecule has 0 aromatic heterocycles.